The molecule has 2 amide bonds. The Morgan fingerprint density at radius 2 is 1.96 bits per heavy atom. The maximum absolute atomic E-state index is 12.5. The minimum atomic E-state index is -0.141. The minimum Gasteiger partial charge on any atom is -0.429 e. The standard InChI is InChI=1S/C18H21N3O3S/c22-16(19-12-5-6-12)10-2-1-3-13(8-10)20-17(23)11-4-7-14-15(9-11)24-18(25)21-14/h4,7,9-10,12-13H,1-3,5-6,8H2,(H,19,22)(H,20,23)(H,21,25)/t10-,13+/m1/s1. The molecule has 1 aromatic heterocycles. The summed E-state index contributed by atoms with van der Waals surface area (Å²) >= 11 is 4.96. The van der Waals surface area contributed by atoms with Crippen LogP contribution in [0, 0.1) is 10.8 Å². The Hall–Kier alpha value is -2.15. The lowest BCUT2D eigenvalue weighted by molar-refractivity contribution is -0.126. The quantitative estimate of drug-likeness (QED) is 0.732. The summed E-state index contributed by atoms with van der Waals surface area (Å²) in [6.07, 6.45) is 5.66. The Balaban J connectivity index is 1.40. The molecular formula is C18H21N3O3S. The Morgan fingerprint density at radius 1 is 1.12 bits per heavy atom. The van der Waals surface area contributed by atoms with E-state index in [9.17, 15) is 9.59 Å². The molecular weight excluding hydrogens is 338 g/mol. The molecule has 2 aromatic rings. The third kappa shape index (κ3) is 3.76. The number of benzene rings is 1. The number of oxazole rings is 1. The van der Waals surface area contributed by atoms with Crippen LogP contribution in [0.1, 0.15) is 48.9 Å². The van der Waals surface area contributed by atoms with Crippen LogP contribution in [0.2, 0.25) is 0 Å². The number of rotatable bonds is 4. The van der Waals surface area contributed by atoms with Crippen molar-refractivity contribution in [3.63, 3.8) is 0 Å². The topological polar surface area (TPSA) is 87.1 Å². The molecule has 6 nitrogen and oxygen atoms in total. The van der Waals surface area contributed by atoms with Gasteiger partial charge in [0.05, 0.1) is 5.52 Å². The lowest BCUT2D eigenvalue weighted by Crippen LogP contribution is -2.42. The van der Waals surface area contributed by atoms with Crippen molar-refractivity contribution < 1.29 is 14.0 Å². The van der Waals surface area contributed by atoms with Gasteiger partial charge in [0.15, 0.2) is 5.58 Å². The second-order valence-electron chi connectivity index (χ2n) is 7.04. The number of hydrogen-bond donors (Lipinski definition) is 3. The van der Waals surface area contributed by atoms with Crippen LogP contribution >= 0.6 is 12.2 Å². The van der Waals surface area contributed by atoms with E-state index in [1.165, 1.54) is 0 Å². The van der Waals surface area contributed by atoms with Gasteiger partial charge < -0.3 is 20.0 Å². The smallest absolute Gasteiger partial charge is 0.266 e. The van der Waals surface area contributed by atoms with Gasteiger partial charge in [-0.1, -0.05) is 6.42 Å². The zero-order chi connectivity index (χ0) is 17.4. The summed E-state index contributed by atoms with van der Waals surface area (Å²) < 4.78 is 5.37. The van der Waals surface area contributed by atoms with E-state index in [1.54, 1.807) is 18.2 Å². The number of fused-ring (bicyclic) bond motifs is 1. The van der Waals surface area contributed by atoms with Crippen LogP contribution in [-0.2, 0) is 4.79 Å². The molecule has 1 heterocycles. The van der Waals surface area contributed by atoms with E-state index in [0.29, 0.717) is 28.4 Å². The highest BCUT2D eigenvalue weighted by molar-refractivity contribution is 7.71. The first kappa shape index (κ1) is 16.3. The number of hydrogen-bond acceptors (Lipinski definition) is 4. The number of aromatic amines is 1. The lowest BCUT2D eigenvalue weighted by Gasteiger charge is -2.29. The summed E-state index contributed by atoms with van der Waals surface area (Å²) in [7, 11) is 0. The zero-order valence-corrected chi connectivity index (χ0v) is 14.7. The van der Waals surface area contributed by atoms with Crippen molar-refractivity contribution in [3.05, 3.63) is 28.6 Å². The maximum Gasteiger partial charge on any atom is 0.266 e. The van der Waals surface area contributed by atoms with Gasteiger partial charge in [-0.3, -0.25) is 9.59 Å². The van der Waals surface area contributed by atoms with Gasteiger partial charge in [0.2, 0.25) is 5.91 Å². The van der Waals surface area contributed by atoms with Crippen LogP contribution in [0.5, 0.6) is 0 Å². The lowest BCUT2D eigenvalue weighted by atomic mass is 9.85. The van der Waals surface area contributed by atoms with E-state index in [-0.39, 0.29) is 23.8 Å². The summed E-state index contributed by atoms with van der Waals surface area (Å²) in [4.78, 5) is 28.0. The molecule has 7 heteroatoms. The molecule has 4 rings (SSSR count). The largest absolute Gasteiger partial charge is 0.429 e. The van der Waals surface area contributed by atoms with Crippen LogP contribution in [0.15, 0.2) is 22.6 Å². The Bertz CT molecular complexity index is 868. The Morgan fingerprint density at radius 3 is 2.76 bits per heavy atom. The van der Waals surface area contributed by atoms with Gasteiger partial charge >= 0.3 is 0 Å². The first-order valence-corrected chi connectivity index (χ1v) is 9.23. The molecule has 3 N–H and O–H groups in total. The molecule has 2 aliphatic rings. The first-order chi connectivity index (χ1) is 12.1. The first-order valence-electron chi connectivity index (χ1n) is 8.82. The predicted octanol–water partition coefficient (Wildman–Crippen LogP) is 3.06. The molecule has 0 bridgehead atoms. The molecule has 0 saturated heterocycles. The summed E-state index contributed by atoms with van der Waals surface area (Å²) in [6.45, 7) is 0. The van der Waals surface area contributed by atoms with Crippen molar-refractivity contribution in [2.75, 3.05) is 0 Å². The molecule has 25 heavy (non-hydrogen) atoms. The van der Waals surface area contributed by atoms with E-state index >= 15 is 0 Å². The molecule has 0 spiro atoms. The maximum atomic E-state index is 12.5. The normalized spacial score (nSPS) is 23.4. The Kier molecular flexibility index (Phi) is 4.33. The van der Waals surface area contributed by atoms with Crippen molar-refractivity contribution in [2.24, 2.45) is 5.92 Å². The van der Waals surface area contributed by atoms with Gasteiger partial charge in [0.25, 0.3) is 10.7 Å². The summed E-state index contributed by atoms with van der Waals surface area (Å²) in [5.74, 6) is 0.00835. The van der Waals surface area contributed by atoms with E-state index in [2.05, 4.69) is 15.6 Å². The zero-order valence-electron chi connectivity index (χ0n) is 13.8. The predicted molar refractivity (Wildman–Crippen MR) is 95.8 cm³/mol. The Labute approximate surface area is 150 Å². The molecule has 0 aliphatic heterocycles. The number of aromatic nitrogens is 1. The van der Waals surface area contributed by atoms with Crippen LogP contribution in [-0.4, -0.2) is 28.9 Å². The average molecular weight is 359 g/mol. The van der Waals surface area contributed by atoms with Crippen molar-refractivity contribution in [1.29, 1.82) is 0 Å². The second-order valence-corrected chi connectivity index (χ2v) is 7.41. The highest BCUT2D eigenvalue weighted by Crippen LogP contribution is 2.27. The number of carbonyl (C=O) groups excluding carboxylic acids is 2. The fourth-order valence-electron chi connectivity index (χ4n) is 3.46. The van der Waals surface area contributed by atoms with Crippen LogP contribution in [0.25, 0.3) is 11.1 Å². The van der Waals surface area contributed by atoms with Crippen LogP contribution < -0.4 is 10.6 Å². The monoisotopic (exact) mass is 359 g/mol. The van der Waals surface area contributed by atoms with Crippen LogP contribution in [0.3, 0.4) is 0 Å². The van der Waals surface area contributed by atoms with E-state index < -0.39 is 0 Å². The molecule has 2 aliphatic carbocycles. The number of carbonyl (C=O) groups is 2. The van der Waals surface area contributed by atoms with Crippen molar-refractivity contribution in [1.82, 2.24) is 15.6 Å². The molecule has 2 fully saturated rings. The van der Waals surface area contributed by atoms with Crippen LogP contribution in [0.4, 0.5) is 0 Å². The fraction of sp³-hybridized carbons (Fsp3) is 0.500. The third-order valence-corrected chi connectivity index (χ3v) is 5.17. The fourth-order valence-corrected chi connectivity index (χ4v) is 3.66. The van der Waals surface area contributed by atoms with E-state index in [1.807, 2.05) is 0 Å². The highest BCUT2D eigenvalue weighted by Gasteiger charge is 2.31. The molecule has 0 unspecified atom stereocenters. The molecule has 0 radical (unpaired) electrons. The van der Waals surface area contributed by atoms with Gasteiger partial charge in [-0.15, -0.1) is 0 Å². The van der Waals surface area contributed by atoms with Crippen molar-refractivity contribution >= 4 is 35.1 Å². The molecule has 2 saturated carbocycles. The number of H-pyrrole nitrogens is 1. The number of nitrogens with one attached hydrogen (secondary N) is 3. The summed E-state index contributed by atoms with van der Waals surface area (Å²) in [5, 5.41) is 6.14. The minimum absolute atomic E-state index is 0.00424. The molecule has 2 atom stereocenters. The van der Waals surface area contributed by atoms with Gasteiger partial charge in [0.1, 0.15) is 0 Å². The summed E-state index contributed by atoms with van der Waals surface area (Å²) in [6, 6.07) is 5.64. The van der Waals surface area contributed by atoms with Gasteiger partial charge in [-0.25, -0.2) is 0 Å². The second kappa shape index (κ2) is 6.63. The third-order valence-electron chi connectivity index (χ3n) is 4.99. The van der Waals surface area contributed by atoms with E-state index in [4.69, 9.17) is 16.6 Å². The van der Waals surface area contributed by atoms with Crippen molar-refractivity contribution in [3.8, 4) is 0 Å². The summed E-state index contributed by atoms with van der Waals surface area (Å²) in [5.41, 5.74) is 1.88. The van der Waals surface area contributed by atoms with Crippen molar-refractivity contribution in [2.45, 2.75) is 50.6 Å². The average Bonchev–Trinajstić information content (AvgIpc) is 3.32. The highest BCUT2D eigenvalue weighted by atomic mass is 32.1. The van der Waals surface area contributed by atoms with E-state index in [0.717, 1.165) is 37.6 Å². The molecule has 1 aromatic carbocycles. The molecule has 132 valence electrons. The van der Waals surface area contributed by atoms with Gasteiger partial charge in [-0.2, -0.15) is 0 Å². The van der Waals surface area contributed by atoms with Gasteiger partial charge in [-0.05, 0) is 62.5 Å². The van der Waals surface area contributed by atoms with Gasteiger partial charge in [0, 0.05) is 23.6 Å². The number of amides is 2. The SMILES string of the molecule is O=C(N[C@H]1CCC[C@@H](C(=O)NC2CC2)C1)c1ccc2[nH]c(=S)oc2c1.